The summed E-state index contributed by atoms with van der Waals surface area (Å²) in [4.78, 5) is 56.6. The number of nitrogens with zero attached hydrogens (tertiary/aromatic N) is 6. The highest BCUT2D eigenvalue weighted by Crippen LogP contribution is 2.41. The number of aromatic nitrogens is 2. The first-order chi connectivity index (χ1) is 37.1. The number of anilines is 2. The Labute approximate surface area is 467 Å². The van der Waals surface area contributed by atoms with Crippen LogP contribution in [0.15, 0.2) is 60.2 Å². The lowest BCUT2D eigenvalue weighted by molar-refractivity contribution is -0.142. The molecule has 16 nitrogen and oxygen atoms in total. The third-order valence-corrected chi connectivity index (χ3v) is 16.0. The van der Waals surface area contributed by atoms with Crippen LogP contribution in [0.2, 0.25) is 10.0 Å². The van der Waals surface area contributed by atoms with Gasteiger partial charge in [0, 0.05) is 82.4 Å². The molecule has 3 aromatic carbocycles. The fourth-order valence-electron chi connectivity index (χ4n) is 10.1. The lowest BCUT2D eigenvalue weighted by atomic mass is 9.85. The van der Waals surface area contributed by atoms with Gasteiger partial charge < -0.3 is 45.1 Å². The average Bonchev–Trinajstić information content (AvgIpc) is 4.04. The molecule has 0 aliphatic carbocycles. The summed E-state index contributed by atoms with van der Waals surface area (Å²) in [5, 5.41) is 31.7. The summed E-state index contributed by atoms with van der Waals surface area (Å²) in [7, 11) is 3.09. The molecule has 414 valence electrons. The fourth-order valence-corrected chi connectivity index (χ4v) is 11.4. The molecule has 4 heterocycles. The maximum atomic E-state index is 14.1. The van der Waals surface area contributed by atoms with E-state index >= 15 is 0 Å². The summed E-state index contributed by atoms with van der Waals surface area (Å²) in [5.41, 5.74) is 6.44. The number of unbranched alkanes of at least 4 members (excludes halogenated alkanes) is 7. The summed E-state index contributed by atoms with van der Waals surface area (Å²) >= 11 is 14.4. The summed E-state index contributed by atoms with van der Waals surface area (Å²) in [5.74, 6) is 1.32. The van der Waals surface area contributed by atoms with E-state index in [4.69, 9.17) is 37.4 Å². The molecule has 2 aromatic heterocycles. The van der Waals surface area contributed by atoms with E-state index in [1.165, 1.54) is 13.3 Å². The second-order valence-electron chi connectivity index (χ2n) is 21.1. The molecule has 7 rings (SSSR count). The quantitative estimate of drug-likeness (QED) is 0.0383. The highest BCUT2D eigenvalue weighted by molar-refractivity contribution is 7.13. The highest BCUT2D eigenvalue weighted by Gasteiger charge is 2.43. The SMILES string of the molecule is COc1cc(Nc2c(C#N)cnc3cc(OCCCN4CCN(C(=O)CCCCCCCCCCN[C@H](C(=O)N5C[C@H](O)C[C@H]5C(=O)NCc5ccc(-c6scnc6C)cc5)C(C)(C)C)CC4)c(OC)cc23)c(Cl)cc1Cl. The van der Waals surface area contributed by atoms with Crippen molar-refractivity contribution in [1.29, 1.82) is 5.26 Å². The van der Waals surface area contributed by atoms with Crippen LogP contribution < -0.4 is 30.2 Å². The molecule has 2 aliphatic heterocycles. The number of thiazole rings is 1. The number of piperazine rings is 1. The molecule has 2 aliphatic rings. The number of hydrogen-bond donors (Lipinski definition) is 4. The Hall–Kier alpha value is -5.74. The van der Waals surface area contributed by atoms with E-state index in [9.17, 15) is 24.8 Å². The molecular weight excluding hydrogens is 1040 g/mol. The van der Waals surface area contributed by atoms with Gasteiger partial charge in [0.1, 0.15) is 17.9 Å². The number of halogens is 2. The minimum atomic E-state index is -0.752. The van der Waals surface area contributed by atoms with Gasteiger partial charge in [-0.15, -0.1) is 11.3 Å². The molecule has 5 aromatic rings. The van der Waals surface area contributed by atoms with Gasteiger partial charge in [-0.05, 0) is 61.4 Å². The number of nitrogens with one attached hydrogen (secondary N) is 3. The molecule has 19 heteroatoms. The second-order valence-corrected chi connectivity index (χ2v) is 22.8. The molecule has 0 saturated carbocycles. The molecule has 2 fully saturated rings. The van der Waals surface area contributed by atoms with Crippen molar-refractivity contribution < 1.29 is 33.7 Å². The number of aliphatic hydroxyl groups is 1. The van der Waals surface area contributed by atoms with Gasteiger partial charge in [-0.1, -0.05) is 107 Å². The molecule has 0 unspecified atom stereocenters. The zero-order valence-electron chi connectivity index (χ0n) is 45.4. The minimum absolute atomic E-state index is 0.139. The van der Waals surface area contributed by atoms with Crippen LogP contribution in [0, 0.1) is 23.7 Å². The van der Waals surface area contributed by atoms with Crippen LogP contribution in [0.25, 0.3) is 21.3 Å². The maximum absolute atomic E-state index is 14.1. The largest absolute Gasteiger partial charge is 0.495 e. The number of hydrogen-bond acceptors (Lipinski definition) is 14. The van der Waals surface area contributed by atoms with Crippen molar-refractivity contribution in [1.82, 2.24) is 35.3 Å². The van der Waals surface area contributed by atoms with Gasteiger partial charge in [-0.2, -0.15) is 5.26 Å². The summed E-state index contributed by atoms with van der Waals surface area (Å²) in [6.07, 6.45) is 10.8. The zero-order valence-corrected chi connectivity index (χ0v) is 47.7. The molecule has 0 radical (unpaired) electrons. The predicted octanol–water partition coefficient (Wildman–Crippen LogP) is 10.3. The van der Waals surface area contributed by atoms with Gasteiger partial charge in [0.25, 0.3) is 0 Å². The fraction of sp³-hybridized carbons (Fsp3) is 0.517. The first-order valence-corrected chi connectivity index (χ1v) is 28.5. The van der Waals surface area contributed by atoms with E-state index in [2.05, 4.69) is 36.9 Å². The van der Waals surface area contributed by atoms with Crippen LogP contribution in [0.4, 0.5) is 11.4 Å². The lowest BCUT2D eigenvalue weighted by Gasteiger charge is -2.35. The normalized spacial score (nSPS) is 16.3. The first kappa shape index (κ1) is 58.9. The van der Waals surface area contributed by atoms with Crippen LogP contribution in [0.3, 0.4) is 0 Å². The van der Waals surface area contributed by atoms with E-state index in [1.54, 1.807) is 41.5 Å². The predicted molar refractivity (Wildman–Crippen MR) is 305 cm³/mol. The Balaban J connectivity index is 0.738. The van der Waals surface area contributed by atoms with Crippen molar-refractivity contribution >= 4 is 74.5 Å². The number of ether oxygens (including phenoxy) is 3. The van der Waals surface area contributed by atoms with Gasteiger partial charge in [0.2, 0.25) is 17.7 Å². The third-order valence-electron chi connectivity index (χ3n) is 14.4. The summed E-state index contributed by atoms with van der Waals surface area (Å²) in [6.45, 7) is 13.7. The van der Waals surface area contributed by atoms with Gasteiger partial charge in [-0.3, -0.25) is 24.3 Å². The number of likely N-dealkylation sites (tertiary alicyclic amines) is 1. The number of nitriles is 1. The van der Waals surface area contributed by atoms with Gasteiger partial charge >= 0.3 is 0 Å². The van der Waals surface area contributed by atoms with E-state index in [1.807, 2.05) is 68.4 Å². The Bertz CT molecular complexity index is 2830. The van der Waals surface area contributed by atoms with Crippen LogP contribution in [0.1, 0.15) is 108 Å². The number of pyridine rings is 1. The number of carbonyl (C=O) groups is 3. The number of aryl methyl sites for hydroxylation is 1. The standard InChI is InChI=1S/C58H75Cl2N9O7S/c1-38-54(77-37-65-38)40-19-17-39(18-20-40)34-64-56(72)48-28-42(70)36-69(48)57(73)55(58(2,3)4)62-21-14-12-10-8-7-9-11-13-16-52(71)68-25-23-67(24-26-68)22-15-27-76-51-31-46-43(29-50(51)75-6)53(41(33-61)35-63-46)66-47-32-49(74-5)45(60)30-44(47)59/h17-20,29-32,35,37,42,48,55,62,70H,7-16,21-28,34,36H2,1-6H3,(H,63,66)(H,64,72)/t42-,48+,55-/m1/s1. The smallest absolute Gasteiger partial charge is 0.243 e. The number of carbonyl (C=O) groups excluding carboxylic acids is 3. The molecule has 2 saturated heterocycles. The molecule has 3 amide bonds. The van der Waals surface area contributed by atoms with Crippen LogP contribution in [0.5, 0.6) is 17.2 Å². The Morgan fingerprint density at radius 3 is 2.25 bits per heavy atom. The molecular formula is C58H75Cl2N9O7S. The zero-order chi connectivity index (χ0) is 55.1. The van der Waals surface area contributed by atoms with Crippen molar-refractivity contribution in [3.63, 3.8) is 0 Å². The van der Waals surface area contributed by atoms with Crippen LogP contribution in [-0.4, -0.2) is 132 Å². The average molecular weight is 1110 g/mol. The molecule has 3 atom stereocenters. The second kappa shape index (κ2) is 28.2. The van der Waals surface area contributed by atoms with Crippen molar-refractivity contribution in [2.75, 3.05) is 72.0 Å². The Morgan fingerprint density at radius 2 is 1.58 bits per heavy atom. The van der Waals surface area contributed by atoms with E-state index in [0.29, 0.717) is 81.3 Å². The van der Waals surface area contributed by atoms with Crippen molar-refractivity contribution in [3.8, 4) is 33.8 Å². The van der Waals surface area contributed by atoms with E-state index in [0.717, 1.165) is 112 Å². The van der Waals surface area contributed by atoms with Gasteiger partial charge in [0.15, 0.2) is 11.5 Å². The molecule has 0 spiro atoms. The number of β-amino-alcohol motifs (C(OH)–C–C–N with tert-alkyl or cyclic N) is 1. The number of fused-ring (bicyclic) bond motifs is 1. The number of aliphatic hydroxyl groups excluding tert-OH is 1. The number of rotatable bonds is 26. The van der Waals surface area contributed by atoms with Crippen LogP contribution in [-0.2, 0) is 20.9 Å². The monoisotopic (exact) mass is 1110 g/mol. The van der Waals surface area contributed by atoms with Gasteiger partial charge in [-0.25, -0.2) is 4.98 Å². The topological polar surface area (TPSA) is 195 Å². The maximum Gasteiger partial charge on any atom is 0.243 e. The Morgan fingerprint density at radius 1 is 0.883 bits per heavy atom. The number of amides is 3. The molecule has 77 heavy (non-hydrogen) atoms. The molecule has 0 bridgehead atoms. The van der Waals surface area contributed by atoms with Crippen LogP contribution >= 0.6 is 34.5 Å². The molecule has 4 N–H and O–H groups in total. The number of benzene rings is 3. The van der Waals surface area contributed by atoms with Crippen molar-refractivity contribution in [2.24, 2.45) is 5.41 Å². The first-order valence-electron chi connectivity index (χ1n) is 26.9. The van der Waals surface area contributed by atoms with E-state index < -0.39 is 23.6 Å². The minimum Gasteiger partial charge on any atom is -0.495 e. The van der Waals surface area contributed by atoms with E-state index in [-0.39, 0.29) is 30.7 Å². The summed E-state index contributed by atoms with van der Waals surface area (Å²) in [6, 6.07) is 15.9. The van der Waals surface area contributed by atoms with Crippen molar-refractivity contribution in [3.05, 3.63) is 87.1 Å². The van der Waals surface area contributed by atoms with Crippen molar-refractivity contribution in [2.45, 2.75) is 123 Å². The highest BCUT2D eigenvalue weighted by atomic mass is 35.5. The number of methoxy groups -OCH3 is 2. The summed E-state index contributed by atoms with van der Waals surface area (Å²) < 4.78 is 17.3. The lowest BCUT2D eigenvalue weighted by Crippen LogP contribution is -2.56. The third kappa shape index (κ3) is 16.0. The van der Waals surface area contributed by atoms with Gasteiger partial charge in [0.05, 0.1) is 81.6 Å². The Kier molecular flexibility index (Phi) is 21.6.